The summed E-state index contributed by atoms with van der Waals surface area (Å²) in [6, 6.07) is 5.16. The molecule has 1 N–H and O–H groups in total. The van der Waals surface area contributed by atoms with Gasteiger partial charge in [-0.1, -0.05) is 23.7 Å². The highest BCUT2D eigenvalue weighted by atomic mass is 35.5. The average molecular weight is 284 g/mol. The molecule has 0 radical (unpaired) electrons. The van der Waals surface area contributed by atoms with Crippen molar-refractivity contribution in [1.29, 1.82) is 0 Å². The second-order valence-electron chi connectivity index (χ2n) is 3.90. The molecule has 104 valence electrons. The van der Waals surface area contributed by atoms with Gasteiger partial charge in [-0.3, -0.25) is 4.79 Å². The van der Waals surface area contributed by atoms with Gasteiger partial charge in [0, 0.05) is 0 Å². The Balaban J connectivity index is 2.66. The predicted octanol–water partition coefficient (Wildman–Crippen LogP) is 3.27. The first-order valence-electron chi connectivity index (χ1n) is 5.96. The zero-order chi connectivity index (χ0) is 14.3. The molecule has 19 heavy (non-hydrogen) atoms. The number of hydrogen-bond donors (Lipinski definition) is 1. The van der Waals surface area contributed by atoms with E-state index in [0.717, 1.165) is 0 Å². The smallest absolute Gasteiger partial charge is 0.253 e. The van der Waals surface area contributed by atoms with Crippen LogP contribution >= 0.6 is 11.6 Å². The Labute approximate surface area is 118 Å². The number of benzene rings is 1. The van der Waals surface area contributed by atoms with Gasteiger partial charge in [-0.2, -0.15) is 0 Å². The molecule has 4 nitrogen and oxygen atoms in total. The highest BCUT2D eigenvalue weighted by molar-refractivity contribution is 6.32. The van der Waals surface area contributed by atoms with E-state index in [1.54, 1.807) is 31.2 Å². The molecule has 0 aliphatic carbocycles. The maximum atomic E-state index is 11.9. The van der Waals surface area contributed by atoms with Gasteiger partial charge >= 0.3 is 0 Å². The van der Waals surface area contributed by atoms with Crippen molar-refractivity contribution in [3.05, 3.63) is 35.9 Å². The molecule has 1 aromatic carbocycles. The molecular weight excluding hydrogens is 266 g/mol. The molecule has 0 saturated heterocycles. The van der Waals surface area contributed by atoms with Crippen molar-refractivity contribution in [3.63, 3.8) is 0 Å². The van der Waals surface area contributed by atoms with Crippen LogP contribution in [0.3, 0.4) is 0 Å². The zero-order valence-corrected chi connectivity index (χ0v) is 11.9. The van der Waals surface area contributed by atoms with Gasteiger partial charge < -0.3 is 14.8 Å². The lowest BCUT2D eigenvalue weighted by Gasteiger charge is -2.15. The Morgan fingerprint density at radius 3 is 2.95 bits per heavy atom. The summed E-state index contributed by atoms with van der Waals surface area (Å²) >= 11 is 5.98. The Morgan fingerprint density at radius 2 is 2.32 bits per heavy atom. The third-order valence-corrected chi connectivity index (χ3v) is 2.79. The Kier molecular flexibility index (Phi) is 6.39. The number of amides is 1. The van der Waals surface area contributed by atoms with Crippen molar-refractivity contribution < 1.29 is 14.3 Å². The topological polar surface area (TPSA) is 47.6 Å². The highest BCUT2D eigenvalue weighted by Crippen LogP contribution is 2.32. The lowest BCUT2D eigenvalue weighted by Crippen LogP contribution is -2.28. The van der Waals surface area contributed by atoms with Crippen LogP contribution in [0.25, 0.3) is 0 Å². The maximum Gasteiger partial charge on any atom is 0.253 e. The minimum absolute atomic E-state index is 0.246. The molecule has 0 aromatic heterocycles. The molecule has 1 amide bonds. The van der Waals surface area contributed by atoms with Crippen LogP contribution in [0.4, 0.5) is 5.69 Å². The van der Waals surface area contributed by atoms with Gasteiger partial charge in [0.15, 0.2) is 5.75 Å². The van der Waals surface area contributed by atoms with E-state index in [0.29, 0.717) is 29.5 Å². The van der Waals surface area contributed by atoms with E-state index in [1.807, 2.05) is 0 Å². The Bertz CT molecular complexity index is 448. The first kappa shape index (κ1) is 15.5. The van der Waals surface area contributed by atoms with Gasteiger partial charge in [0.05, 0.1) is 24.4 Å². The Morgan fingerprint density at radius 1 is 1.58 bits per heavy atom. The van der Waals surface area contributed by atoms with Crippen molar-refractivity contribution in [2.45, 2.75) is 19.4 Å². The van der Waals surface area contributed by atoms with Crippen LogP contribution in [0.1, 0.15) is 13.3 Å². The van der Waals surface area contributed by atoms with Gasteiger partial charge in [0.25, 0.3) is 5.91 Å². The molecule has 0 fully saturated rings. The number of halogens is 1. The summed E-state index contributed by atoms with van der Waals surface area (Å²) in [5.74, 6) is 0.195. The molecule has 0 saturated carbocycles. The number of rotatable bonds is 7. The number of hydrogen-bond acceptors (Lipinski definition) is 3. The van der Waals surface area contributed by atoms with Crippen LogP contribution in [0.5, 0.6) is 5.75 Å². The summed E-state index contributed by atoms with van der Waals surface area (Å²) in [5.41, 5.74) is 0.527. The third kappa shape index (κ3) is 4.58. The number of carbonyl (C=O) groups is 1. The van der Waals surface area contributed by atoms with E-state index in [-0.39, 0.29) is 5.91 Å². The number of ether oxygens (including phenoxy) is 2. The summed E-state index contributed by atoms with van der Waals surface area (Å²) in [6.45, 7) is 5.74. The van der Waals surface area contributed by atoms with E-state index in [9.17, 15) is 4.79 Å². The van der Waals surface area contributed by atoms with E-state index in [4.69, 9.17) is 21.1 Å². The first-order valence-corrected chi connectivity index (χ1v) is 6.33. The fourth-order valence-electron chi connectivity index (χ4n) is 1.45. The van der Waals surface area contributed by atoms with Gasteiger partial charge in [0.2, 0.25) is 0 Å². The summed E-state index contributed by atoms with van der Waals surface area (Å²) in [4.78, 5) is 11.9. The fraction of sp³-hybridized carbons (Fsp3) is 0.357. The standard InChI is InChI=1S/C14H18ClNO3/c1-4-5-9-19-10(2)14(17)16-12-8-6-7-11(15)13(12)18-3/h4,6-8,10H,1,5,9H2,2-3H3,(H,16,17). The SMILES string of the molecule is C=CCCOC(C)C(=O)Nc1cccc(Cl)c1OC. The van der Waals surface area contributed by atoms with Crippen molar-refractivity contribution >= 4 is 23.2 Å². The minimum Gasteiger partial charge on any atom is -0.493 e. The Hall–Kier alpha value is -1.52. The summed E-state index contributed by atoms with van der Waals surface area (Å²) in [7, 11) is 1.50. The van der Waals surface area contributed by atoms with Gasteiger partial charge in [-0.05, 0) is 25.5 Å². The molecule has 1 rings (SSSR count). The van der Waals surface area contributed by atoms with Crippen molar-refractivity contribution in [2.24, 2.45) is 0 Å². The number of para-hydroxylation sites is 1. The molecule has 0 aliphatic rings. The molecule has 0 spiro atoms. The molecule has 1 atom stereocenters. The van der Waals surface area contributed by atoms with E-state index in [1.165, 1.54) is 7.11 Å². The maximum absolute atomic E-state index is 11.9. The van der Waals surface area contributed by atoms with Gasteiger partial charge in [-0.15, -0.1) is 6.58 Å². The second-order valence-corrected chi connectivity index (χ2v) is 4.31. The minimum atomic E-state index is -0.552. The van der Waals surface area contributed by atoms with Crippen LogP contribution in [0.15, 0.2) is 30.9 Å². The van der Waals surface area contributed by atoms with Crippen LogP contribution in [-0.4, -0.2) is 25.7 Å². The van der Waals surface area contributed by atoms with E-state index < -0.39 is 6.10 Å². The first-order chi connectivity index (χ1) is 9.10. The lowest BCUT2D eigenvalue weighted by atomic mass is 10.2. The molecule has 5 heteroatoms. The number of anilines is 1. The molecule has 0 heterocycles. The van der Waals surface area contributed by atoms with Crippen LogP contribution in [-0.2, 0) is 9.53 Å². The molecule has 0 aliphatic heterocycles. The monoisotopic (exact) mass is 283 g/mol. The van der Waals surface area contributed by atoms with Crippen LogP contribution < -0.4 is 10.1 Å². The van der Waals surface area contributed by atoms with Gasteiger partial charge in [-0.25, -0.2) is 0 Å². The largest absolute Gasteiger partial charge is 0.493 e. The number of methoxy groups -OCH3 is 1. The molecular formula is C14H18ClNO3. The molecule has 1 unspecified atom stereocenters. The molecule has 1 aromatic rings. The predicted molar refractivity (Wildman–Crippen MR) is 76.9 cm³/mol. The second kappa shape index (κ2) is 7.81. The lowest BCUT2D eigenvalue weighted by molar-refractivity contribution is -0.126. The fourth-order valence-corrected chi connectivity index (χ4v) is 1.70. The molecule has 0 bridgehead atoms. The normalized spacial score (nSPS) is 11.7. The van der Waals surface area contributed by atoms with Crippen LogP contribution in [0, 0.1) is 0 Å². The number of nitrogens with one attached hydrogen (secondary N) is 1. The van der Waals surface area contributed by atoms with Crippen molar-refractivity contribution in [1.82, 2.24) is 0 Å². The quantitative estimate of drug-likeness (QED) is 0.617. The highest BCUT2D eigenvalue weighted by Gasteiger charge is 2.16. The van der Waals surface area contributed by atoms with Crippen molar-refractivity contribution in [3.8, 4) is 5.75 Å². The summed E-state index contributed by atoms with van der Waals surface area (Å²) in [5, 5.41) is 3.17. The van der Waals surface area contributed by atoms with Crippen LogP contribution in [0.2, 0.25) is 5.02 Å². The van der Waals surface area contributed by atoms with Crippen molar-refractivity contribution in [2.75, 3.05) is 19.0 Å². The van der Waals surface area contributed by atoms with E-state index in [2.05, 4.69) is 11.9 Å². The average Bonchev–Trinajstić information content (AvgIpc) is 2.39. The van der Waals surface area contributed by atoms with E-state index >= 15 is 0 Å². The summed E-state index contributed by atoms with van der Waals surface area (Å²) < 4.78 is 10.5. The number of carbonyl (C=O) groups excluding carboxylic acids is 1. The van der Waals surface area contributed by atoms with Gasteiger partial charge in [0.1, 0.15) is 6.10 Å². The third-order valence-electron chi connectivity index (χ3n) is 2.49. The summed E-state index contributed by atoms with van der Waals surface area (Å²) in [6.07, 6.45) is 1.89. The zero-order valence-electron chi connectivity index (χ0n) is 11.1.